The molecular formula is C35H27N3O6S2. The first-order chi connectivity index (χ1) is 22.5. The van der Waals surface area contributed by atoms with Gasteiger partial charge in [-0.25, -0.2) is 0 Å². The molecule has 46 heavy (non-hydrogen) atoms. The number of ketones is 1. The van der Waals surface area contributed by atoms with E-state index in [2.05, 4.69) is 10.2 Å². The SMILES string of the molecule is O=C1C(=O)N(c2nnc(SCc3ccccc3)s2)[C@H](c2cccc(OCc3ccccc3)c2)C1=C(O)c1ccc2c(c1)OCCO2. The van der Waals surface area contributed by atoms with Gasteiger partial charge < -0.3 is 19.3 Å². The molecule has 1 fully saturated rings. The number of aliphatic hydroxyl groups is 1. The normalized spacial score (nSPS) is 16.9. The average molecular weight is 650 g/mol. The lowest BCUT2D eigenvalue weighted by Gasteiger charge is -2.23. The van der Waals surface area contributed by atoms with Gasteiger partial charge in [-0.15, -0.1) is 10.2 Å². The van der Waals surface area contributed by atoms with Crippen molar-refractivity contribution in [3.8, 4) is 17.2 Å². The maximum atomic E-state index is 13.7. The lowest BCUT2D eigenvalue weighted by atomic mass is 9.95. The smallest absolute Gasteiger partial charge is 0.301 e. The Morgan fingerprint density at radius 1 is 0.870 bits per heavy atom. The second-order valence-electron chi connectivity index (χ2n) is 10.5. The summed E-state index contributed by atoms with van der Waals surface area (Å²) in [6.07, 6.45) is 0. The minimum absolute atomic E-state index is 0.0735. The van der Waals surface area contributed by atoms with Crippen LogP contribution < -0.4 is 19.1 Å². The fourth-order valence-electron chi connectivity index (χ4n) is 5.28. The Morgan fingerprint density at radius 2 is 1.61 bits per heavy atom. The molecule has 2 aliphatic rings. The predicted molar refractivity (Wildman–Crippen MR) is 175 cm³/mol. The highest BCUT2D eigenvalue weighted by atomic mass is 32.2. The van der Waals surface area contributed by atoms with Gasteiger partial charge in [0.2, 0.25) is 5.13 Å². The van der Waals surface area contributed by atoms with Crippen LogP contribution in [0.4, 0.5) is 5.13 Å². The number of fused-ring (bicyclic) bond motifs is 1. The molecule has 1 saturated heterocycles. The first-order valence-corrected chi connectivity index (χ1v) is 16.3. The van der Waals surface area contributed by atoms with Gasteiger partial charge in [0.15, 0.2) is 15.8 Å². The third-order valence-electron chi connectivity index (χ3n) is 7.49. The van der Waals surface area contributed by atoms with Crippen molar-refractivity contribution in [1.82, 2.24) is 10.2 Å². The highest BCUT2D eigenvalue weighted by molar-refractivity contribution is 8.00. The van der Waals surface area contributed by atoms with Gasteiger partial charge in [0, 0.05) is 11.3 Å². The zero-order chi connectivity index (χ0) is 31.5. The van der Waals surface area contributed by atoms with Crippen molar-refractivity contribution in [1.29, 1.82) is 0 Å². The number of thioether (sulfide) groups is 1. The number of aliphatic hydroxyl groups excluding tert-OH is 1. The summed E-state index contributed by atoms with van der Waals surface area (Å²) in [5, 5.41) is 20.5. The van der Waals surface area contributed by atoms with Gasteiger partial charge >= 0.3 is 5.91 Å². The van der Waals surface area contributed by atoms with Gasteiger partial charge in [-0.3, -0.25) is 14.5 Å². The van der Waals surface area contributed by atoms with Crippen LogP contribution >= 0.6 is 23.1 Å². The Kier molecular flexibility index (Phi) is 8.41. The summed E-state index contributed by atoms with van der Waals surface area (Å²) in [7, 11) is 0. The minimum Gasteiger partial charge on any atom is -0.507 e. The number of amides is 1. The van der Waals surface area contributed by atoms with Crippen molar-refractivity contribution in [2.24, 2.45) is 0 Å². The molecule has 2 aliphatic heterocycles. The molecule has 1 amide bonds. The maximum absolute atomic E-state index is 13.7. The fraction of sp³-hybridized carbons (Fsp3) is 0.143. The third-order valence-corrected chi connectivity index (χ3v) is 9.62. The molecule has 0 bridgehead atoms. The van der Waals surface area contributed by atoms with Crippen molar-refractivity contribution in [2.45, 2.75) is 22.7 Å². The van der Waals surface area contributed by atoms with Crippen LogP contribution in [0.2, 0.25) is 0 Å². The van der Waals surface area contributed by atoms with Crippen molar-refractivity contribution in [3.05, 3.63) is 131 Å². The van der Waals surface area contributed by atoms with Crippen LogP contribution in [0.5, 0.6) is 17.2 Å². The van der Waals surface area contributed by atoms with E-state index in [1.807, 2.05) is 66.7 Å². The summed E-state index contributed by atoms with van der Waals surface area (Å²) in [5.74, 6) is 0.225. The van der Waals surface area contributed by atoms with Crippen molar-refractivity contribution >= 4 is 45.7 Å². The van der Waals surface area contributed by atoms with E-state index in [4.69, 9.17) is 14.2 Å². The number of nitrogens with zero attached hydrogens (tertiary/aromatic N) is 3. The lowest BCUT2D eigenvalue weighted by Crippen LogP contribution is -2.29. The van der Waals surface area contributed by atoms with Crippen molar-refractivity contribution in [3.63, 3.8) is 0 Å². The van der Waals surface area contributed by atoms with Gasteiger partial charge in [-0.1, -0.05) is 95.9 Å². The number of benzene rings is 4. The maximum Gasteiger partial charge on any atom is 0.301 e. The number of hydrogen-bond donors (Lipinski definition) is 1. The third kappa shape index (κ3) is 6.07. The second-order valence-corrected chi connectivity index (χ2v) is 12.7. The predicted octanol–water partition coefficient (Wildman–Crippen LogP) is 6.81. The summed E-state index contributed by atoms with van der Waals surface area (Å²) < 4.78 is 18.1. The Bertz CT molecular complexity index is 1930. The number of ether oxygens (including phenoxy) is 3. The molecule has 0 aliphatic carbocycles. The van der Waals surface area contributed by atoms with Gasteiger partial charge in [-0.2, -0.15) is 0 Å². The van der Waals surface area contributed by atoms with E-state index in [9.17, 15) is 14.7 Å². The highest BCUT2D eigenvalue weighted by Gasteiger charge is 2.48. The van der Waals surface area contributed by atoms with E-state index in [1.165, 1.54) is 28.0 Å². The van der Waals surface area contributed by atoms with E-state index in [0.29, 0.717) is 58.3 Å². The lowest BCUT2D eigenvalue weighted by molar-refractivity contribution is -0.132. The van der Waals surface area contributed by atoms with E-state index in [0.717, 1.165) is 11.1 Å². The Hall–Kier alpha value is -5.13. The van der Waals surface area contributed by atoms with Gasteiger partial charge in [0.05, 0.1) is 11.6 Å². The van der Waals surface area contributed by atoms with Crippen LogP contribution in [0.3, 0.4) is 0 Å². The first-order valence-electron chi connectivity index (χ1n) is 14.5. The molecule has 1 N–H and O–H groups in total. The van der Waals surface area contributed by atoms with E-state index in [1.54, 1.807) is 36.4 Å². The van der Waals surface area contributed by atoms with Crippen LogP contribution in [-0.4, -0.2) is 40.2 Å². The van der Waals surface area contributed by atoms with Crippen LogP contribution in [-0.2, 0) is 21.9 Å². The number of Topliss-reactive ketones (excluding diaryl/α,β-unsaturated/α-hetero) is 1. The monoisotopic (exact) mass is 649 g/mol. The number of anilines is 1. The summed E-state index contributed by atoms with van der Waals surface area (Å²) in [6.45, 7) is 1.11. The summed E-state index contributed by atoms with van der Waals surface area (Å²) in [5.41, 5.74) is 2.93. The number of hydrogen-bond acceptors (Lipinski definition) is 10. The zero-order valence-electron chi connectivity index (χ0n) is 24.4. The van der Waals surface area contributed by atoms with Crippen molar-refractivity contribution in [2.75, 3.05) is 18.1 Å². The first kappa shape index (κ1) is 29.6. The summed E-state index contributed by atoms with van der Waals surface area (Å²) in [6, 6.07) is 30.8. The molecule has 0 saturated carbocycles. The molecule has 1 atom stereocenters. The minimum atomic E-state index is -0.992. The Labute approximate surface area is 273 Å². The fourth-order valence-corrected chi connectivity index (χ4v) is 7.11. The molecule has 0 unspecified atom stereocenters. The highest BCUT2D eigenvalue weighted by Crippen LogP contribution is 2.45. The second kappa shape index (κ2) is 13.1. The van der Waals surface area contributed by atoms with Gasteiger partial charge in [0.25, 0.3) is 5.78 Å². The van der Waals surface area contributed by atoms with Gasteiger partial charge in [0.1, 0.15) is 31.3 Å². The van der Waals surface area contributed by atoms with Crippen LogP contribution in [0.1, 0.15) is 28.3 Å². The number of aromatic nitrogens is 2. The van der Waals surface area contributed by atoms with Crippen LogP contribution in [0.25, 0.3) is 5.76 Å². The molecule has 0 spiro atoms. The largest absolute Gasteiger partial charge is 0.507 e. The van der Waals surface area contributed by atoms with E-state index < -0.39 is 17.7 Å². The van der Waals surface area contributed by atoms with Crippen LogP contribution in [0, 0.1) is 0 Å². The molecule has 5 aromatic rings. The molecule has 3 heterocycles. The van der Waals surface area contributed by atoms with E-state index >= 15 is 0 Å². The molecule has 9 nitrogen and oxygen atoms in total. The molecule has 4 aromatic carbocycles. The van der Waals surface area contributed by atoms with Gasteiger partial charge in [-0.05, 0) is 47.0 Å². The molecular weight excluding hydrogens is 623 g/mol. The van der Waals surface area contributed by atoms with Crippen LogP contribution in [0.15, 0.2) is 113 Å². The molecule has 230 valence electrons. The Morgan fingerprint density at radius 3 is 2.39 bits per heavy atom. The molecule has 0 radical (unpaired) electrons. The molecule has 7 rings (SSSR count). The van der Waals surface area contributed by atoms with Crippen molar-refractivity contribution < 1.29 is 28.9 Å². The Balaban J connectivity index is 1.26. The summed E-state index contributed by atoms with van der Waals surface area (Å²) in [4.78, 5) is 28.8. The van der Waals surface area contributed by atoms with E-state index in [-0.39, 0.29) is 16.5 Å². The summed E-state index contributed by atoms with van der Waals surface area (Å²) >= 11 is 2.71. The molecule has 1 aromatic heterocycles. The standard InChI is InChI=1S/C35H27N3O6S2/c39-31(25-14-15-27-28(19-25)43-17-16-42-27)29-30(24-12-7-13-26(18-24)44-20-22-8-3-1-4-9-22)38(33(41)32(29)40)34-36-37-35(46-34)45-21-23-10-5-2-6-11-23/h1-15,18-19,30,39H,16-17,20-21H2/t30-/m1/s1. The topological polar surface area (TPSA) is 111 Å². The zero-order valence-corrected chi connectivity index (χ0v) is 26.0. The average Bonchev–Trinajstić information content (AvgIpc) is 3.68. The number of carbonyl (C=O) groups is 2. The molecule has 11 heteroatoms. The number of rotatable bonds is 9. The quantitative estimate of drug-likeness (QED) is 0.0606. The number of carbonyl (C=O) groups excluding carboxylic acids is 2.